The number of nitrogens with one attached hydrogen (secondary N) is 1. The van der Waals surface area contributed by atoms with Crippen molar-refractivity contribution in [1.82, 2.24) is 14.5 Å². The first-order chi connectivity index (χ1) is 9.57. The first kappa shape index (κ1) is 13.3. The molecule has 1 aliphatic rings. The van der Waals surface area contributed by atoms with Gasteiger partial charge in [-0.25, -0.2) is 8.42 Å². The van der Waals surface area contributed by atoms with Gasteiger partial charge in [-0.15, -0.1) is 0 Å². The molecule has 0 spiro atoms. The Morgan fingerprint density at radius 2 is 2.00 bits per heavy atom. The van der Waals surface area contributed by atoms with Crippen LogP contribution in [0, 0.1) is 0 Å². The maximum Gasteiger partial charge on any atom is 0.217 e. The van der Waals surface area contributed by atoms with Crippen LogP contribution in [0.1, 0.15) is 18.5 Å². The van der Waals surface area contributed by atoms with Crippen molar-refractivity contribution < 1.29 is 8.42 Å². The number of H-pyrrole nitrogens is 1. The minimum atomic E-state index is -3.13. The molecule has 0 amide bonds. The molecule has 1 aromatic heterocycles. The third-order valence-electron chi connectivity index (χ3n) is 3.47. The van der Waals surface area contributed by atoms with Gasteiger partial charge in [0.2, 0.25) is 10.0 Å². The highest BCUT2D eigenvalue weighted by atomic mass is 32.2. The maximum atomic E-state index is 12.1. The minimum absolute atomic E-state index is 0.177. The van der Waals surface area contributed by atoms with Crippen molar-refractivity contribution >= 4 is 10.0 Å². The zero-order chi connectivity index (χ0) is 14.2. The van der Waals surface area contributed by atoms with Gasteiger partial charge >= 0.3 is 0 Å². The predicted octanol–water partition coefficient (Wildman–Crippen LogP) is 2.00. The van der Waals surface area contributed by atoms with E-state index in [9.17, 15) is 8.42 Å². The Bertz CT molecular complexity index is 690. The molecular formula is C14H17N3O2S. The van der Waals surface area contributed by atoms with Crippen molar-refractivity contribution in [2.45, 2.75) is 24.6 Å². The van der Waals surface area contributed by atoms with E-state index in [1.807, 2.05) is 36.4 Å². The second-order valence-corrected chi connectivity index (χ2v) is 7.46. The number of hydrogen-bond donors (Lipinski definition) is 1. The second-order valence-electron chi connectivity index (χ2n) is 5.14. The summed E-state index contributed by atoms with van der Waals surface area (Å²) in [5.74, 6) is 0. The first-order valence-corrected chi connectivity index (χ1v) is 8.12. The molecule has 20 heavy (non-hydrogen) atoms. The van der Waals surface area contributed by atoms with Crippen LogP contribution in [0.2, 0.25) is 0 Å². The standard InChI is InChI=1S/C14H17N3O2S/c1-17(20(18,19)13-7-8-13)10-12-9-14(16-15-12)11-5-3-2-4-6-11/h2-6,9,13H,7-8,10H2,1H3,(H,15,16). The van der Waals surface area contributed by atoms with Gasteiger partial charge in [-0.2, -0.15) is 9.40 Å². The largest absolute Gasteiger partial charge is 0.281 e. The van der Waals surface area contributed by atoms with E-state index in [2.05, 4.69) is 10.2 Å². The van der Waals surface area contributed by atoms with E-state index in [0.29, 0.717) is 6.54 Å². The highest BCUT2D eigenvalue weighted by molar-refractivity contribution is 7.90. The van der Waals surface area contributed by atoms with Crippen molar-refractivity contribution in [3.63, 3.8) is 0 Å². The van der Waals surface area contributed by atoms with Gasteiger partial charge in [0, 0.05) is 12.6 Å². The number of nitrogens with zero attached hydrogens (tertiary/aromatic N) is 2. The van der Waals surface area contributed by atoms with Gasteiger partial charge in [-0.3, -0.25) is 5.10 Å². The average Bonchev–Trinajstić information content (AvgIpc) is 3.21. The summed E-state index contributed by atoms with van der Waals surface area (Å²) in [4.78, 5) is 0. The summed E-state index contributed by atoms with van der Waals surface area (Å²) >= 11 is 0. The number of sulfonamides is 1. The lowest BCUT2D eigenvalue weighted by Gasteiger charge is -2.15. The summed E-state index contributed by atoms with van der Waals surface area (Å²) < 4.78 is 25.5. The highest BCUT2D eigenvalue weighted by Gasteiger charge is 2.38. The lowest BCUT2D eigenvalue weighted by atomic mass is 10.1. The van der Waals surface area contributed by atoms with Gasteiger partial charge in [-0.1, -0.05) is 30.3 Å². The zero-order valence-electron chi connectivity index (χ0n) is 11.3. The van der Waals surface area contributed by atoms with Gasteiger partial charge in [0.15, 0.2) is 0 Å². The molecule has 3 rings (SSSR count). The average molecular weight is 291 g/mol. The molecule has 1 fully saturated rings. The van der Waals surface area contributed by atoms with E-state index in [1.165, 1.54) is 4.31 Å². The zero-order valence-corrected chi connectivity index (χ0v) is 12.1. The van der Waals surface area contributed by atoms with Crippen LogP contribution in [0.15, 0.2) is 36.4 Å². The van der Waals surface area contributed by atoms with E-state index >= 15 is 0 Å². The number of hydrogen-bond acceptors (Lipinski definition) is 3. The summed E-state index contributed by atoms with van der Waals surface area (Å²) in [6.07, 6.45) is 1.57. The van der Waals surface area contributed by atoms with E-state index < -0.39 is 10.0 Å². The van der Waals surface area contributed by atoms with Crippen LogP contribution in [0.3, 0.4) is 0 Å². The lowest BCUT2D eigenvalue weighted by molar-refractivity contribution is 0.460. The van der Waals surface area contributed by atoms with Crippen molar-refractivity contribution in [1.29, 1.82) is 0 Å². The Morgan fingerprint density at radius 3 is 2.65 bits per heavy atom. The Kier molecular flexibility index (Phi) is 3.35. The molecular weight excluding hydrogens is 274 g/mol. The fourth-order valence-electron chi connectivity index (χ4n) is 2.15. The minimum Gasteiger partial charge on any atom is -0.281 e. The Hall–Kier alpha value is -1.66. The molecule has 106 valence electrons. The van der Waals surface area contributed by atoms with E-state index in [-0.39, 0.29) is 5.25 Å². The molecule has 0 unspecified atom stereocenters. The summed E-state index contributed by atoms with van der Waals surface area (Å²) in [5, 5.41) is 6.97. The van der Waals surface area contributed by atoms with Gasteiger partial charge in [-0.05, 0) is 18.9 Å². The quantitative estimate of drug-likeness (QED) is 0.916. The number of rotatable bonds is 5. The number of benzene rings is 1. The van der Waals surface area contributed by atoms with Crippen LogP contribution in [-0.2, 0) is 16.6 Å². The van der Waals surface area contributed by atoms with Gasteiger partial charge in [0.1, 0.15) is 0 Å². The van der Waals surface area contributed by atoms with Crippen LogP contribution < -0.4 is 0 Å². The first-order valence-electron chi connectivity index (χ1n) is 6.62. The Morgan fingerprint density at radius 1 is 1.30 bits per heavy atom. The third-order valence-corrected chi connectivity index (χ3v) is 5.79. The fourth-order valence-corrected chi connectivity index (χ4v) is 3.71. The molecule has 1 saturated carbocycles. The van der Waals surface area contributed by atoms with Gasteiger partial charge in [0.25, 0.3) is 0 Å². The van der Waals surface area contributed by atoms with Crippen LogP contribution in [0.25, 0.3) is 11.3 Å². The summed E-state index contributed by atoms with van der Waals surface area (Å²) in [7, 11) is -1.51. The lowest BCUT2D eigenvalue weighted by Crippen LogP contribution is -2.29. The molecule has 6 heteroatoms. The molecule has 0 radical (unpaired) electrons. The van der Waals surface area contributed by atoms with E-state index in [4.69, 9.17) is 0 Å². The van der Waals surface area contributed by atoms with E-state index in [0.717, 1.165) is 29.8 Å². The van der Waals surface area contributed by atoms with Crippen molar-refractivity contribution in [2.24, 2.45) is 0 Å². The normalized spacial score (nSPS) is 15.7. The molecule has 1 heterocycles. The summed E-state index contributed by atoms with van der Waals surface area (Å²) in [5.41, 5.74) is 2.65. The molecule has 0 saturated heterocycles. The Labute approximate surface area is 118 Å². The molecule has 5 nitrogen and oxygen atoms in total. The van der Waals surface area contributed by atoms with Crippen LogP contribution in [-0.4, -0.2) is 35.2 Å². The molecule has 1 aromatic carbocycles. The molecule has 0 atom stereocenters. The smallest absolute Gasteiger partial charge is 0.217 e. The SMILES string of the molecule is CN(Cc1cc(-c2ccccc2)n[nH]1)S(=O)(=O)C1CC1. The van der Waals surface area contributed by atoms with Crippen molar-refractivity contribution in [3.8, 4) is 11.3 Å². The van der Waals surface area contributed by atoms with Crippen molar-refractivity contribution in [2.75, 3.05) is 7.05 Å². The summed E-state index contributed by atoms with van der Waals surface area (Å²) in [6.45, 7) is 0.332. The van der Waals surface area contributed by atoms with Crippen LogP contribution in [0.4, 0.5) is 0 Å². The van der Waals surface area contributed by atoms with Crippen LogP contribution >= 0.6 is 0 Å². The highest BCUT2D eigenvalue weighted by Crippen LogP contribution is 2.31. The molecule has 1 N–H and O–H groups in total. The Balaban J connectivity index is 1.75. The van der Waals surface area contributed by atoms with E-state index in [1.54, 1.807) is 7.05 Å². The third kappa shape index (κ3) is 2.62. The predicted molar refractivity (Wildman–Crippen MR) is 77.4 cm³/mol. The topological polar surface area (TPSA) is 66.1 Å². The molecule has 0 bridgehead atoms. The monoisotopic (exact) mass is 291 g/mol. The summed E-state index contributed by atoms with van der Waals surface area (Å²) in [6, 6.07) is 11.7. The van der Waals surface area contributed by atoms with Gasteiger partial charge < -0.3 is 0 Å². The second kappa shape index (κ2) is 5.03. The van der Waals surface area contributed by atoms with Crippen LogP contribution in [0.5, 0.6) is 0 Å². The number of aromatic nitrogens is 2. The van der Waals surface area contributed by atoms with Crippen molar-refractivity contribution in [3.05, 3.63) is 42.1 Å². The molecule has 1 aliphatic carbocycles. The maximum absolute atomic E-state index is 12.1. The number of aromatic amines is 1. The fraction of sp³-hybridized carbons (Fsp3) is 0.357. The van der Waals surface area contributed by atoms with Gasteiger partial charge in [0.05, 0.1) is 23.2 Å². The molecule has 2 aromatic rings. The molecule has 0 aliphatic heterocycles.